The maximum absolute atomic E-state index is 14.2. The van der Waals surface area contributed by atoms with E-state index in [-0.39, 0.29) is 44.4 Å². The zero-order valence-corrected chi connectivity index (χ0v) is 36.7. The van der Waals surface area contributed by atoms with Crippen molar-refractivity contribution in [3.8, 4) is 5.75 Å². The number of carboxylic acid groups (broad SMARTS) is 1. The van der Waals surface area contributed by atoms with Gasteiger partial charge < -0.3 is 51.3 Å². The summed E-state index contributed by atoms with van der Waals surface area (Å²) in [5, 5.41) is 23.2. The Kier molecular flexibility index (Phi) is 18.2. The number of benzene rings is 3. The predicted octanol–water partition coefficient (Wildman–Crippen LogP) is 2.44. The quantitative estimate of drug-likeness (QED) is 0.0294. The summed E-state index contributed by atoms with van der Waals surface area (Å²) < 4.78 is 40.5. The lowest BCUT2D eigenvalue weighted by atomic mass is 10.0. The highest BCUT2D eigenvalue weighted by molar-refractivity contribution is 7.81. The van der Waals surface area contributed by atoms with Crippen LogP contribution in [0.5, 0.6) is 5.75 Å². The molecule has 20 nitrogen and oxygen atoms in total. The Bertz CT molecular complexity index is 2450. The number of nitrogens with two attached hydrogens (primary N) is 1. The average molecular weight is 920 g/mol. The smallest absolute Gasteiger partial charge is 0.446 e. The molecule has 10 N–H and O–H groups in total. The molecule has 65 heavy (non-hydrogen) atoms. The topological polar surface area (TPSA) is 315 Å². The summed E-state index contributed by atoms with van der Waals surface area (Å²) in [5.41, 5.74) is 7.23. The number of carbonyl (C=O) groups is 7. The van der Waals surface area contributed by atoms with Crippen LogP contribution in [0.15, 0.2) is 91.1 Å². The van der Waals surface area contributed by atoms with Gasteiger partial charge in [0.05, 0.1) is 6.42 Å². The normalized spacial score (nSPS) is 13.4. The highest BCUT2D eigenvalue weighted by atomic mass is 32.3. The van der Waals surface area contributed by atoms with Crippen LogP contribution in [0, 0.1) is 0 Å². The van der Waals surface area contributed by atoms with E-state index in [0.717, 1.165) is 10.9 Å². The number of aliphatic carboxylic acids is 1. The molecule has 21 heteroatoms. The Labute approximate surface area is 375 Å². The Hall–Kier alpha value is -7.26. The summed E-state index contributed by atoms with van der Waals surface area (Å²) in [7, 11) is -4.70. The van der Waals surface area contributed by atoms with Gasteiger partial charge in [0.2, 0.25) is 29.5 Å². The maximum Gasteiger partial charge on any atom is 0.446 e. The first-order valence-electron chi connectivity index (χ1n) is 20.4. The monoisotopic (exact) mass is 919 g/mol. The molecule has 0 aliphatic rings. The molecule has 0 radical (unpaired) electrons. The Balaban J connectivity index is 1.51. The minimum Gasteiger partial charge on any atom is -0.481 e. The molecule has 4 rings (SSSR count). The van der Waals surface area contributed by atoms with Crippen LogP contribution in [0.3, 0.4) is 0 Å². The van der Waals surface area contributed by atoms with E-state index >= 15 is 0 Å². The van der Waals surface area contributed by atoms with Gasteiger partial charge in [0.15, 0.2) is 0 Å². The number of para-hydroxylation sites is 1. The maximum atomic E-state index is 14.2. The van der Waals surface area contributed by atoms with Gasteiger partial charge >= 0.3 is 22.5 Å². The number of aromatic nitrogens is 1. The van der Waals surface area contributed by atoms with Crippen LogP contribution in [-0.2, 0) is 56.7 Å². The lowest BCUT2D eigenvalue weighted by molar-refractivity contribution is -0.141. The van der Waals surface area contributed by atoms with Crippen LogP contribution in [0.1, 0.15) is 63.1 Å². The fourth-order valence-corrected chi connectivity index (χ4v) is 6.75. The van der Waals surface area contributed by atoms with Crippen molar-refractivity contribution in [2.24, 2.45) is 5.73 Å². The van der Waals surface area contributed by atoms with Gasteiger partial charge in [-0.2, -0.15) is 8.42 Å². The van der Waals surface area contributed by atoms with Crippen molar-refractivity contribution in [1.82, 2.24) is 31.6 Å². The number of primary amides is 1. The summed E-state index contributed by atoms with van der Waals surface area (Å²) in [6.45, 7) is 5.04. The molecule has 0 spiro atoms. The molecular formula is C44H53N7O13S. The van der Waals surface area contributed by atoms with Gasteiger partial charge in [-0.1, -0.05) is 60.7 Å². The number of unbranched alkanes of at least 4 members (excludes halogenated alkanes) is 1. The molecule has 348 valence electrons. The lowest BCUT2D eigenvalue weighted by Crippen LogP contribution is -2.59. The van der Waals surface area contributed by atoms with Crippen molar-refractivity contribution in [2.75, 3.05) is 6.54 Å². The fourth-order valence-electron chi connectivity index (χ4n) is 6.39. The van der Waals surface area contributed by atoms with Crippen LogP contribution in [0.25, 0.3) is 17.0 Å². The van der Waals surface area contributed by atoms with E-state index in [4.69, 9.17) is 15.0 Å². The second kappa shape index (κ2) is 23.4. The molecule has 1 heterocycles. The van der Waals surface area contributed by atoms with Crippen LogP contribution in [-0.4, -0.2) is 101 Å². The standard InChI is InChI=1S/C44H53N7O13S/c1-44(2,3)63-43(59)51-35(24-29-26-47-32-14-8-7-13-31(29)32)41(57)48-33(15-9-10-22-46-37(52)21-18-27-16-19-30(20-17-27)64-65(60,61)62)40(56)50-36(25-38(53)54)42(58)49-34(39(45)55)23-28-11-5-4-6-12-28/h4-8,11-14,16-21,26,33-36,47H,9-10,15,22-25H2,1-3H3,(H2,45,55)(H,46,52)(H,48,57)(H,49,58)(H,50,56)(H,51,59)(H,53,54)(H,60,61,62)/b21-18-/t33-,34-,35-,36-/m0/s1. The molecule has 3 aromatic carbocycles. The molecule has 0 fully saturated rings. The molecule has 0 aliphatic heterocycles. The van der Waals surface area contributed by atoms with E-state index in [9.17, 15) is 47.1 Å². The number of rotatable bonds is 23. The number of amides is 6. The van der Waals surface area contributed by atoms with Gasteiger partial charge in [0, 0.05) is 42.6 Å². The van der Waals surface area contributed by atoms with E-state index in [2.05, 4.69) is 35.8 Å². The Morgan fingerprint density at radius 3 is 2.03 bits per heavy atom. The van der Waals surface area contributed by atoms with Gasteiger partial charge in [-0.3, -0.25) is 33.3 Å². The zero-order chi connectivity index (χ0) is 47.7. The van der Waals surface area contributed by atoms with Crippen molar-refractivity contribution in [3.63, 3.8) is 0 Å². The van der Waals surface area contributed by atoms with E-state index < -0.39 is 88.2 Å². The van der Waals surface area contributed by atoms with Crippen LogP contribution >= 0.6 is 0 Å². The number of aromatic amines is 1. The predicted molar refractivity (Wildman–Crippen MR) is 237 cm³/mol. The molecule has 6 amide bonds. The SMILES string of the molecule is CC(C)(C)OC(=O)N[C@@H](Cc1c[nH]c2ccccc12)C(=O)N[C@@H](CCCCNC(=O)/C=C\c1ccc(OS(=O)(=O)O)cc1)C(=O)N[C@@H](CC(=O)O)C(=O)N[C@@H](Cc1ccccc1)C(N)=O. The average Bonchev–Trinajstić information content (AvgIpc) is 3.63. The largest absolute Gasteiger partial charge is 0.481 e. The first-order chi connectivity index (χ1) is 30.7. The number of carboxylic acids is 1. The van der Waals surface area contributed by atoms with Crippen molar-refractivity contribution >= 4 is 69.0 Å². The second-order valence-electron chi connectivity index (χ2n) is 15.8. The van der Waals surface area contributed by atoms with E-state index in [1.165, 1.54) is 36.4 Å². The Morgan fingerprint density at radius 2 is 1.38 bits per heavy atom. The molecule has 0 saturated heterocycles. The molecule has 4 atom stereocenters. The van der Waals surface area contributed by atoms with E-state index in [0.29, 0.717) is 16.7 Å². The number of ether oxygens (including phenoxy) is 1. The summed E-state index contributed by atoms with van der Waals surface area (Å²) >= 11 is 0. The lowest BCUT2D eigenvalue weighted by Gasteiger charge is -2.26. The number of fused-ring (bicyclic) bond motifs is 1. The molecule has 0 unspecified atom stereocenters. The molecule has 0 saturated carbocycles. The number of hydrogen-bond donors (Lipinski definition) is 9. The number of H-pyrrole nitrogens is 1. The number of nitrogens with one attached hydrogen (secondary N) is 6. The second-order valence-corrected chi connectivity index (χ2v) is 16.9. The van der Waals surface area contributed by atoms with Crippen molar-refractivity contribution < 1.29 is 60.6 Å². The van der Waals surface area contributed by atoms with Crippen LogP contribution in [0.2, 0.25) is 0 Å². The Morgan fingerprint density at radius 1 is 0.769 bits per heavy atom. The zero-order valence-electron chi connectivity index (χ0n) is 35.9. The summed E-state index contributed by atoms with van der Waals surface area (Å²) in [4.78, 5) is 94.8. The van der Waals surface area contributed by atoms with Crippen molar-refractivity contribution in [1.29, 1.82) is 0 Å². The summed E-state index contributed by atoms with van der Waals surface area (Å²) in [6, 6.07) is 15.6. The third-order valence-corrected chi connectivity index (χ3v) is 9.82. The van der Waals surface area contributed by atoms with Crippen LogP contribution in [0.4, 0.5) is 4.79 Å². The van der Waals surface area contributed by atoms with E-state index in [1.807, 2.05) is 18.2 Å². The highest BCUT2D eigenvalue weighted by Crippen LogP contribution is 2.20. The summed E-state index contributed by atoms with van der Waals surface area (Å²) in [6.07, 6.45) is 2.83. The number of alkyl carbamates (subject to hydrolysis) is 1. The van der Waals surface area contributed by atoms with Crippen LogP contribution < -0.4 is 36.5 Å². The minimum atomic E-state index is -4.70. The summed E-state index contributed by atoms with van der Waals surface area (Å²) in [5.74, 6) is -5.79. The van der Waals surface area contributed by atoms with Gasteiger partial charge in [-0.05, 0) is 81.0 Å². The molecule has 1 aromatic heterocycles. The molecule has 4 aromatic rings. The van der Waals surface area contributed by atoms with Gasteiger partial charge in [0.25, 0.3) is 0 Å². The minimum absolute atomic E-state index is 0.0225. The molecule has 0 aliphatic carbocycles. The fraction of sp³-hybridized carbons (Fsp3) is 0.341. The first-order valence-corrected chi connectivity index (χ1v) is 21.8. The third kappa shape index (κ3) is 17.8. The van der Waals surface area contributed by atoms with Gasteiger partial charge in [0.1, 0.15) is 35.5 Å². The molecule has 0 bridgehead atoms. The first kappa shape index (κ1) is 50.4. The number of carbonyl (C=O) groups excluding carboxylic acids is 6. The van der Waals surface area contributed by atoms with Crippen molar-refractivity contribution in [3.05, 3.63) is 108 Å². The third-order valence-electron chi connectivity index (χ3n) is 9.42. The van der Waals surface area contributed by atoms with Gasteiger partial charge in [-0.15, -0.1) is 0 Å². The molecular weight excluding hydrogens is 867 g/mol. The van der Waals surface area contributed by atoms with Gasteiger partial charge in [-0.25, -0.2) is 4.79 Å². The highest BCUT2D eigenvalue weighted by Gasteiger charge is 2.33. The van der Waals surface area contributed by atoms with Crippen molar-refractivity contribution in [2.45, 2.75) is 89.1 Å². The van der Waals surface area contributed by atoms with E-state index in [1.54, 1.807) is 63.4 Å². The number of hydrogen-bond acceptors (Lipinski definition) is 11.